The summed E-state index contributed by atoms with van der Waals surface area (Å²) in [6, 6.07) is 9.51. The molecule has 0 unspecified atom stereocenters. The Morgan fingerprint density at radius 1 is 1.26 bits per heavy atom. The van der Waals surface area contributed by atoms with E-state index in [0.29, 0.717) is 18.7 Å². The quantitative estimate of drug-likeness (QED) is 0.877. The van der Waals surface area contributed by atoms with Crippen molar-refractivity contribution < 1.29 is 32.5 Å². The number of nitrogens with zero attached hydrogens (tertiary/aromatic N) is 2. The van der Waals surface area contributed by atoms with E-state index in [9.17, 15) is 18.0 Å². The van der Waals surface area contributed by atoms with E-state index in [0.717, 1.165) is 10.8 Å². The van der Waals surface area contributed by atoms with Crippen molar-refractivity contribution in [2.45, 2.75) is 31.2 Å². The van der Waals surface area contributed by atoms with E-state index in [4.69, 9.17) is 9.84 Å². The first-order valence-electron chi connectivity index (χ1n) is 8.52. The number of carbonyl (C=O) groups is 1. The Hall–Kier alpha value is -2.55. The Labute approximate surface area is 153 Å². The van der Waals surface area contributed by atoms with Gasteiger partial charge in [-0.15, -0.1) is 0 Å². The topological polar surface area (TPSA) is 71.9 Å². The maximum absolute atomic E-state index is 12.6. The average Bonchev–Trinajstić information content (AvgIpc) is 2.66. The number of alkyl halides is 3. The second-order valence-electron chi connectivity index (χ2n) is 6.24. The van der Waals surface area contributed by atoms with Crippen molar-refractivity contribution in [1.82, 2.24) is 9.88 Å². The molecule has 1 aromatic carbocycles. The second-order valence-corrected chi connectivity index (χ2v) is 6.24. The van der Waals surface area contributed by atoms with Gasteiger partial charge in [-0.25, -0.2) is 9.78 Å². The van der Waals surface area contributed by atoms with Crippen molar-refractivity contribution in [2.75, 3.05) is 19.7 Å². The number of halogens is 3. The largest absolute Gasteiger partial charge is 0.474 e. The third kappa shape index (κ3) is 4.60. The molecule has 0 spiro atoms. The molecular formula is C18H19F3N2O4. The number of piperidine rings is 1. The van der Waals surface area contributed by atoms with E-state index < -0.39 is 25.0 Å². The monoisotopic (exact) mass is 384 g/mol. The van der Waals surface area contributed by atoms with Gasteiger partial charge >= 0.3 is 12.3 Å². The predicted molar refractivity (Wildman–Crippen MR) is 90.4 cm³/mol. The van der Waals surface area contributed by atoms with E-state index in [2.05, 4.69) is 9.72 Å². The van der Waals surface area contributed by atoms with Crippen molar-refractivity contribution in [3.8, 4) is 5.88 Å². The van der Waals surface area contributed by atoms with E-state index in [1.165, 1.54) is 4.90 Å². The standard InChI is InChI=1S/C18H19F3N2O4/c19-18(20,21)15(11-24)27-17(25)23-9-6-13(7-10-23)26-16-14-4-2-1-3-12(14)5-8-22-16/h1-5,8,13,15,24H,6-7,9-11H2/t15-/m1/s1. The number of pyridine rings is 1. The SMILES string of the molecule is O=C(O[C@H](CO)C(F)(F)F)N1CCC(Oc2nccc3ccccc23)CC1. The number of ether oxygens (including phenoxy) is 2. The fourth-order valence-electron chi connectivity index (χ4n) is 2.90. The molecule has 9 heteroatoms. The fourth-order valence-corrected chi connectivity index (χ4v) is 2.90. The van der Waals surface area contributed by atoms with Gasteiger partial charge in [0.2, 0.25) is 12.0 Å². The van der Waals surface area contributed by atoms with Gasteiger partial charge < -0.3 is 19.5 Å². The molecule has 0 radical (unpaired) electrons. The van der Waals surface area contributed by atoms with Crippen LogP contribution in [0.4, 0.5) is 18.0 Å². The molecule has 1 aromatic heterocycles. The summed E-state index contributed by atoms with van der Waals surface area (Å²) in [5.41, 5.74) is 0. The smallest absolute Gasteiger partial charge is 0.427 e. The van der Waals surface area contributed by atoms with Crippen LogP contribution in [0.2, 0.25) is 0 Å². The number of aliphatic hydroxyl groups excluding tert-OH is 1. The van der Waals surface area contributed by atoms with Gasteiger partial charge in [-0.3, -0.25) is 0 Å². The predicted octanol–water partition coefficient (Wildman–Crippen LogP) is 3.14. The minimum atomic E-state index is -4.80. The summed E-state index contributed by atoms with van der Waals surface area (Å²) >= 11 is 0. The van der Waals surface area contributed by atoms with Crippen LogP contribution in [0.3, 0.4) is 0 Å². The van der Waals surface area contributed by atoms with Gasteiger partial charge in [0.15, 0.2) is 0 Å². The summed E-state index contributed by atoms with van der Waals surface area (Å²) in [4.78, 5) is 17.3. The van der Waals surface area contributed by atoms with Crippen molar-refractivity contribution in [3.63, 3.8) is 0 Å². The Morgan fingerprint density at radius 3 is 2.63 bits per heavy atom. The summed E-state index contributed by atoms with van der Waals surface area (Å²) in [6.45, 7) is -0.907. The number of aliphatic hydroxyl groups is 1. The molecule has 2 heterocycles. The third-order valence-electron chi connectivity index (χ3n) is 4.39. The molecule has 1 amide bonds. The molecule has 146 valence electrons. The summed E-state index contributed by atoms with van der Waals surface area (Å²) in [6.07, 6.45) is -6.08. The van der Waals surface area contributed by atoms with Crippen LogP contribution in [0.15, 0.2) is 36.5 Å². The number of carbonyl (C=O) groups excluding carboxylic acids is 1. The highest BCUT2D eigenvalue weighted by atomic mass is 19.4. The lowest BCUT2D eigenvalue weighted by molar-refractivity contribution is -0.214. The zero-order chi connectivity index (χ0) is 19.4. The molecule has 0 saturated carbocycles. The van der Waals surface area contributed by atoms with Crippen LogP contribution in [0.5, 0.6) is 5.88 Å². The Kier molecular flexibility index (Phi) is 5.69. The maximum Gasteiger partial charge on any atom is 0.427 e. The lowest BCUT2D eigenvalue weighted by atomic mass is 10.1. The van der Waals surface area contributed by atoms with Gasteiger partial charge in [0.05, 0.1) is 6.61 Å². The highest BCUT2D eigenvalue weighted by Crippen LogP contribution is 2.27. The number of likely N-dealkylation sites (tertiary alicyclic amines) is 1. The minimum Gasteiger partial charge on any atom is -0.474 e. The Balaban J connectivity index is 1.56. The summed E-state index contributed by atoms with van der Waals surface area (Å²) in [5, 5.41) is 10.6. The number of hydrogen-bond acceptors (Lipinski definition) is 5. The lowest BCUT2D eigenvalue weighted by Crippen LogP contribution is -2.46. The molecule has 27 heavy (non-hydrogen) atoms. The van der Waals surface area contributed by atoms with Crippen LogP contribution in [0.1, 0.15) is 12.8 Å². The van der Waals surface area contributed by atoms with Gasteiger partial charge in [-0.05, 0) is 17.5 Å². The molecule has 1 N–H and O–H groups in total. The van der Waals surface area contributed by atoms with Crippen molar-refractivity contribution >= 4 is 16.9 Å². The number of rotatable bonds is 4. The first kappa shape index (κ1) is 19.2. The normalized spacial score (nSPS) is 17.0. The zero-order valence-electron chi connectivity index (χ0n) is 14.4. The maximum atomic E-state index is 12.6. The number of aromatic nitrogens is 1. The van der Waals surface area contributed by atoms with Crippen molar-refractivity contribution in [3.05, 3.63) is 36.5 Å². The molecule has 1 fully saturated rings. The highest BCUT2D eigenvalue weighted by Gasteiger charge is 2.43. The van der Waals surface area contributed by atoms with Crippen LogP contribution in [-0.4, -0.2) is 59.2 Å². The van der Waals surface area contributed by atoms with E-state index >= 15 is 0 Å². The number of benzene rings is 1. The van der Waals surface area contributed by atoms with Crippen LogP contribution in [0.25, 0.3) is 10.8 Å². The summed E-state index contributed by atoms with van der Waals surface area (Å²) in [7, 11) is 0. The van der Waals surface area contributed by atoms with E-state index in [-0.39, 0.29) is 19.2 Å². The van der Waals surface area contributed by atoms with Gasteiger partial charge in [0, 0.05) is 37.5 Å². The molecule has 3 rings (SSSR count). The van der Waals surface area contributed by atoms with Crippen LogP contribution < -0.4 is 4.74 Å². The fraction of sp³-hybridized carbons (Fsp3) is 0.444. The Morgan fingerprint density at radius 2 is 1.96 bits per heavy atom. The molecule has 0 aliphatic carbocycles. The van der Waals surface area contributed by atoms with E-state index in [1.807, 2.05) is 30.3 Å². The molecule has 1 aliphatic heterocycles. The second kappa shape index (κ2) is 7.99. The zero-order valence-corrected chi connectivity index (χ0v) is 14.4. The summed E-state index contributed by atoms with van der Waals surface area (Å²) < 4.78 is 48.1. The third-order valence-corrected chi connectivity index (χ3v) is 4.39. The first-order chi connectivity index (χ1) is 12.9. The first-order valence-corrected chi connectivity index (χ1v) is 8.52. The molecular weight excluding hydrogens is 365 g/mol. The number of fused-ring (bicyclic) bond motifs is 1. The summed E-state index contributed by atoms with van der Waals surface area (Å²) in [5.74, 6) is 0.492. The van der Waals surface area contributed by atoms with Gasteiger partial charge in [-0.2, -0.15) is 13.2 Å². The van der Waals surface area contributed by atoms with E-state index in [1.54, 1.807) is 6.20 Å². The van der Waals surface area contributed by atoms with Gasteiger partial charge in [0.1, 0.15) is 6.10 Å². The number of hydrogen-bond donors (Lipinski definition) is 1. The molecule has 1 saturated heterocycles. The van der Waals surface area contributed by atoms with Gasteiger partial charge in [-0.1, -0.05) is 18.2 Å². The molecule has 0 bridgehead atoms. The van der Waals surface area contributed by atoms with Crippen LogP contribution >= 0.6 is 0 Å². The lowest BCUT2D eigenvalue weighted by Gasteiger charge is -2.32. The highest BCUT2D eigenvalue weighted by molar-refractivity contribution is 5.86. The average molecular weight is 384 g/mol. The Bertz CT molecular complexity index is 786. The molecule has 1 aliphatic rings. The molecule has 2 aromatic rings. The van der Waals surface area contributed by atoms with Crippen molar-refractivity contribution in [2.24, 2.45) is 0 Å². The molecule has 1 atom stereocenters. The minimum absolute atomic E-state index is 0.199. The van der Waals surface area contributed by atoms with Crippen LogP contribution in [-0.2, 0) is 4.74 Å². The van der Waals surface area contributed by atoms with Crippen LogP contribution in [0, 0.1) is 0 Å². The molecule has 6 nitrogen and oxygen atoms in total. The number of amides is 1. The van der Waals surface area contributed by atoms with Gasteiger partial charge in [0.25, 0.3) is 0 Å². The van der Waals surface area contributed by atoms with Crippen molar-refractivity contribution in [1.29, 1.82) is 0 Å².